The molecule has 0 N–H and O–H groups in total. The SMILES string of the molecule is CCOC(=O)C1=C(C)N=c2s/c(=C/c3ccc(-c4cccc(Cl)c4)o3)c(=O)n2C1c1ccc(OCC)c(OCC)c1. The van der Waals surface area contributed by atoms with Gasteiger partial charge >= 0.3 is 5.97 Å². The van der Waals surface area contributed by atoms with Gasteiger partial charge in [-0.25, -0.2) is 9.79 Å². The minimum atomic E-state index is -0.777. The van der Waals surface area contributed by atoms with Crippen LogP contribution in [0, 0.1) is 0 Å². The Morgan fingerprint density at radius 3 is 2.56 bits per heavy atom. The Kier molecular flexibility index (Phi) is 8.46. The van der Waals surface area contributed by atoms with Crippen molar-refractivity contribution in [3.63, 3.8) is 0 Å². The summed E-state index contributed by atoms with van der Waals surface area (Å²) < 4.78 is 24.9. The Hall–Kier alpha value is -4.08. The van der Waals surface area contributed by atoms with Crippen LogP contribution in [0.3, 0.4) is 0 Å². The molecule has 2 aromatic carbocycles. The molecule has 1 unspecified atom stereocenters. The molecule has 0 saturated heterocycles. The summed E-state index contributed by atoms with van der Waals surface area (Å²) in [5, 5.41) is 0.600. The second-order valence-electron chi connectivity index (χ2n) is 9.09. The zero-order chi connectivity index (χ0) is 29.1. The third-order valence-corrected chi connectivity index (χ3v) is 7.63. The van der Waals surface area contributed by atoms with Gasteiger partial charge < -0.3 is 18.6 Å². The van der Waals surface area contributed by atoms with Crippen molar-refractivity contribution in [2.75, 3.05) is 19.8 Å². The Bertz CT molecular complexity index is 1820. The number of fused-ring (bicyclic) bond motifs is 1. The van der Waals surface area contributed by atoms with E-state index in [-0.39, 0.29) is 12.2 Å². The topological polar surface area (TPSA) is 92.3 Å². The molecule has 41 heavy (non-hydrogen) atoms. The highest BCUT2D eigenvalue weighted by molar-refractivity contribution is 7.07. The lowest BCUT2D eigenvalue weighted by Gasteiger charge is -2.25. The maximum absolute atomic E-state index is 13.9. The monoisotopic (exact) mass is 592 g/mol. The second kappa shape index (κ2) is 12.2. The Labute approximate surface area is 245 Å². The lowest BCUT2D eigenvalue weighted by Crippen LogP contribution is -2.40. The molecule has 1 aliphatic heterocycles. The van der Waals surface area contributed by atoms with E-state index in [4.69, 9.17) is 30.2 Å². The number of halogens is 1. The number of carbonyl (C=O) groups is 1. The molecular formula is C31H29ClN2O6S. The summed E-state index contributed by atoms with van der Waals surface area (Å²) in [5.74, 6) is 1.70. The zero-order valence-electron chi connectivity index (χ0n) is 23.1. The summed E-state index contributed by atoms with van der Waals surface area (Å²) in [6, 6.07) is 15.6. The predicted molar refractivity (Wildman–Crippen MR) is 158 cm³/mol. The van der Waals surface area contributed by atoms with E-state index < -0.39 is 12.0 Å². The normalized spacial score (nSPS) is 15.0. The smallest absolute Gasteiger partial charge is 0.338 e. The molecule has 2 aromatic heterocycles. The van der Waals surface area contributed by atoms with Crippen molar-refractivity contribution in [2.45, 2.75) is 33.7 Å². The first-order valence-corrected chi connectivity index (χ1v) is 14.5. The van der Waals surface area contributed by atoms with Crippen molar-refractivity contribution in [1.29, 1.82) is 0 Å². The third-order valence-electron chi connectivity index (χ3n) is 6.41. The van der Waals surface area contributed by atoms with E-state index in [1.54, 1.807) is 44.2 Å². The molecule has 0 fully saturated rings. The number of nitrogens with zero attached hydrogens (tertiary/aromatic N) is 2. The summed E-state index contributed by atoms with van der Waals surface area (Å²) in [6.07, 6.45) is 1.68. The molecule has 0 radical (unpaired) electrons. The van der Waals surface area contributed by atoms with Crippen LogP contribution in [0.5, 0.6) is 11.5 Å². The van der Waals surface area contributed by atoms with Gasteiger partial charge in [0.1, 0.15) is 11.5 Å². The molecule has 0 spiro atoms. The highest BCUT2D eigenvalue weighted by Crippen LogP contribution is 2.36. The predicted octanol–water partition coefficient (Wildman–Crippen LogP) is 5.51. The molecule has 0 bridgehead atoms. The fourth-order valence-corrected chi connectivity index (χ4v) is 5.92. The third kappa shape index (κ3) is 5.73. The molecule has 4 aromatic rings. The van der Waals surface area contributed by atoms with Crippen LogP contribution < -0.4 is 24.4 Å². The van der Waals surface area contributed by atoms with E-state index in [9.17, 15) is 9.59 Å². The van der Waals surface area contributed by atoms with Crippen molar-refractivity contribution in [3.8, 4) is 22.8 Å². The largest absolute Gasteiger partial charge is 0.490 e. The molecule has 0 amide bonds. The van der Waals surface area contributed by atoms with Gasteiger partial charge in [0.15, 0.2) is 16.3 Å². The first-order valence-electron chi connectivity index (χ1n) is 13.3. The van der Waals surface area contributed by atoms with Crippen LogP contribution in [0.1, 0.15) is 45.1 Å². The molecule has 0 aliphatic carbocycles. The van der Waals surface area contributed by atoms with E-state index in [1.807, 2.05) is 44.2 Å². The number of thiazole rings is 1. The summed E-state index contributed by atoms with van der Waals surface area (Å²) in [6.45, 7) is 8.34. The van der Waals surface area contributed by atoms with Crippen molar-refractivity contribution in [2.24, 2.45) is 4.99 Å². The van der Waals surface area contributed by atoms with Gasteiger partial charge in [0.25, 0.3) is 5.56 Å². The van der Waals surface area contributed by atoms with Crippen LogP contribution in [0.2, 0.25) is 5.02 Å². The molecule has 8 nitrogen and oxygen atoms in total. The van der Waals surface area contributed by atoms with Crippen molar-refractivity contribution >= 4 is 35.0 Å². The van der Waals surface area contributed by atoms with E-state index in [0.717, 1.165) is 5.56 Å². The van der Waals surface area contributed by atoms with Crippen molar-refractivity contribution < 1.29 is 23.4 Å². The standard InChI is InChI=1S/C31H29ClN2O6S/c1-5-37-24-13-11-20(16-25(24)38-6-2)28-27(30(36)39-7-3)18(4)33-31-34(28)29(35)26(41-31)17-22-12-14-23(40-22)19-9-8-10-21(32)15-19/h8-17,28H,5-7H2,1-4H3/b26-17+. The first kappa shape index (κ1) is 28.4. The molecule has 1 aliphatic rings. The molecular weight excluding hydrogens is 564 g/mol. The molecule has 5 rings (SSSR count). The minimum Gasteiger partial charge on any atom is -0.490 e. The maximum Gasteiger partial charge on any atom is 0.338 e. The average molecular weight is 593 g/mol. The molecule has 10 heteroatoms. The number of hydrogen-bond donors (Lipinski definition) is 0. The molecule has 212 valence electrons. The van der Waals surface area contributed by atoms with Crippen LogP contribution >= 0.6 is 22.9 Å². The van der Waals surface area contributed by atoms with Crippen LogP contribution in [-0.2, 0) is 9.53 Å². The van der Waals surface area contributed by atoms with Gasteiger partial charge in [-0.05, 0) is 69.7 Å². The number of ether oxygens (including phenoxy) is 3. The fraction of sp³-hybridized carbons (Fsp3) is 0.258. The fourth-order valence-electron chi connectivity index (χ4n) is 4.70. The second-order valence-corrected chi connectivity index (χ2v) is 10.5. The van der Waals surface area contributed by atoms with Gasteiger partial charge in [-0.1, -0.05) is 41.1 Å². The van der Waals surface area contributed by atoms with Gasteiger partial charge in [-0.2, -0.15) is 0 Å². The average Bonchev–Trinajstić information content (AvgIpc) is 3.53. The van der Waals surface area contributed by atoms with Gasteiger partial charge in [-0.15, -0.1) is 0 Å². The number of rotatable bonds is 9. The summed E-state index contributed by atoms with van der Waals surface area (Å²) in [4.78, 5) is 32.2. The molecule has 1 atom stereocenters. The van der Waals surface area contributed by atoms with Crippen LogP contribution in [-0.4, -0.2) is 30.4 Å². The van der Waals surface area contributed by atoms with Gasteiger partial charge in [-0.3, -0.25) is 9.36 Å². The van der Waals surface area contributed by atoms with Crippen LogP contribution in [0.4, 0.5) is 0 Å². The number of carbonyl (C=O) groups excluding carboxylic acids is 1. The number of aromatic nitrogens is 1. The number of esters is 1. The van der Waals surface area contributed by atoms with Crippen molar-refractivity contribution in [1.82, 2.24) is 4.57 Å². The quantitative estimate of drug-likeness (QED) is 0.238. The number of benzene rings is 2. The maximum atomic E-state index is 13.9. The minimum absolute atomic E-state index is 0.188. The Morgan fingerprint density at radius 2 is 1.83 bits per heavy atom. The highest BCUT2D eigenvalue weighted by atomic mass is 35.5. The first-order chi connectivity index (χ1) is 19.8. The highest BCUT2D eigenvalue weighted by Gasteiger charge is 2.34. The van der Waals surface area contributed by atoms with Gasteiger partial charge in [0, 0.05) is 16.7 Å². The number of allylic oxidation sites excluding steroid dienone is 1. The summed E-state index contributed by atoms with van der Waals surface area (Å²) in [5.41, 5.74) is 1.96. The van der Waals surface area contributed by atoms with Gasteiger partial charge in [0.2, 0.25) is 0 Å². The Balaban J connectivity index is 1.65. The summed E-state index contributed by atoms with van der Waals surface area (Å²) >= 11 is 7.36. The van der Waals surface area contributed by atoms with Crippen LogP contribution in [0.15, 0.2) is 80.1 Å². The van der Waals surface area contributed by atoms with E-state index in [0.29, 0.717) is 67.4 Å². The lowest BCUT2D eigenvalue weighted by atomic mass is 9.95. The van der Waals surface area contributed by atoms with E-state index in [1.165, 1.54) is 15.9 Å². The zero-order valence-corrected chi connectivity index (χ0v) is 24.7. The molecule has 0 saturated carbocycles. The summed E-state index contributed by atoms with van der Waals surface area (Å²) in [7, 11) is 0. The van der Waals surface area contributed by atoms with E-state index in [2.05, 4.69) is 4.99 Å². The van der Waals surface area contributed by atoms with Gasteiger partial charge in [0.05, 0.1) is 41.7 Å². The lowest BCUT2D eigenvalue weighted by molar-refractivity contribution is -0.139. The van der Waals surface area contributed by atoms with E-state index >= 15 is 0 Å². The number of furan rings is 1. The Morgan fingerprint density at radius 1 is 1.05 bits per heavy atom. The number of hydrogen-bond acceptors (Lipinski definition) is 8. The molecule has 3 heterocycles. The van der Waals surface area contributed by atoms with Crippen LogP contribution in [0.25, 0.3) is 17.4 Å². The van der Waals surface area contributed by atoms with Crippen molar-refractivity contribution in [3.05, 3.63) is 102 Å².